The molecule has 0 heterocycles. The highest BCUT2D eigenvalue weighted by atomic mass is 14.3. The predicted octanol–water partition coefficient (Wildman–Crippen LogP) is 12.4. The average molecular weight is 511 g/mol. The Bertz CT molecular complexity index is 645. The monoisotopic (exact) mass is 511 g/mol. The zero-order valence-corrected chi connectivity index (χ0v) is 26.2. The maximum Gasteiger partial charge on any atom is -0.0228 e. The van der Waals surface area contributed by atoms with Gasteiger partial charge >= 0.3 is 0 Å². The highest BCUT2D eigenvalue weighted by Gasteiger charge is 2.28. The molecule has 3 rings (SSSR count). The maximum atomic E-state index is 4.66. The first-order valence-corrected chi connectivity index (χ1v) is 16.9. The summed E-state index contributed by atoms with van der Waals surface area (Å²) in [5.41, 5.74) is 1.54. The molecule has 0 bridgehead atoms. The first-order valence-electron chi connectivity index (χ1n) is 16.9. The van der Waals surface area contributed by atoms with E-state index in [0.717, 1.165) is 41.4 Å². The van der Waals surface area contributed by atoms with Crippen LogP contribution in [0.15, 0.2) is 36.5 Å². The topological polar surface area (TPSA) is 0 Å². The Hall–Kier alpha value is -0.780. The van der Waals surface area contributed by atoms with E-state index < -0.39 is 0 Å². The molecule has 37 heavy (non-hydrogen) atoms. The minimum absolute atomic E-state index is 0.671. The maximum absolute atomic E-state index is 4.66. The summed E-state index contributed by atoms with van der Waals surface area (Å²) in [6, 6.07) is 0. The van der Waals surface area contributed by atoms with E-state index in [2.05, 4.69) is 58.6 Å². The molecule has 0 aromatic rings. The Morgan fingerprint density at radius 2 is 1.41 bits per heavy atom. The van der Waals surface area contributed by atoms with E-state index in [1.807, 2.05) is 13.8 Å². The fraction of sp³-hybridized carbons (Fsp3) is 0.838. The SMILES string of the molecule is C=C(C[C@H](CC(C)CCCC1CC(CCC(C)C)C1)CC1C=CCCC1)C(C)C[C@H]1C=CCCC1.CC. The third-order valence-corrected chi connectivity index (χ3v) is 9.78. The summed E-state index contributed by atoms with van der Waals surface area (Å²) in [5, 5.41) is 0. The summed E-state index contributed by atoms with van der Waals surface area (Å²) in [4.78, 5) is 0. The van der Waals surface area contributed by atoms with Crippen molar-refractivity contribution in [2.75, 3.05) is 0 Å². The summed E-state index contributed by atoms with van der Waals surface area (Å²) < 4.78 is 0. The van der Waals surface area contributed by atoms with Gasteiger partial charge in [-0.25, -0.2) is 0 Å². The second-order valence-corrected chi connectivity index (χ2v) is 13.8. The van der Waals surface area contributed by atoms with Crippen molar-refractivity contribution in [2.45, 2.75) is 151 Å². The Kier molecular flexibility index (Phi) is 16.2. The Balaban J connectivity index is 0.00000235. The average Bonchev–Trinajstić information content (AvgIpc) is 2.87. The van der Waals surface area contributed by atoms with Crippen LogP contribution in [-0.4, -0.2) is 0 Å². The Labute approximate surface area is 234 Å². The summed E-state index contributed by atoms with van der Waals surface area (Å²) >= 11 is 0. The van der Waals surface area contributed by atoms with Crippen molar-refractivity contribution in [1.82, 2.24) is 0 Å². The smallest absolute Gasteiger partial charge is 0.0228 e. The van der Waals surface area contributed by atoms with Crippen LogP contribution in [0.4, 0.5) is 0 Å². The molecular weight excluding hydrogens is 444 g/mol. The third kappa shape index (κ3) is 13.2. The van der Waals surface area contributed by atoms with Crippen LogP contribution in [0.2, 0.25) is 0 Å². The summed E-state index contributed by atoms with van der Waals surface area (Å²) in [5.74, 6) is 6.99. The molecule has 0 aromatic heterocycles. The second kappa shape index (κ2) is 18.5. The normalized spacial score (nSPS) is 27.6. The highest BCUT2D eigenvalue weighted by molar-refractivity contribution is 5.05. The van der Waals surface area contributed by atoms with Gasteiger partial charge in [0, 0.05) is 0 Å². The van der Waals surface area contributed by atoms with Crippen LogP contribution in [-0.2, 0) is 0 Å². The molecule has 0 amide bonds. The standard InChI is InChI=1S/C35H60.C2H6/c1-27(2)19-20-34-25-33(26-34)18-12-13-28(3)21-35(24-32-16-10-7-11-17-32)23-30(5)29(4)22-31-14-8-6-9-15-31;1-2/h8,10,14,16,27-29,31-35H,5-7,9,11-13,15,17-26H2,1-4H3;1-2H3/t28?,29?,31-,32?,33?,34?,35-;/m0./s1. The quantitative estimate of drug-likeness (QED) is 0.181. The van der Waals surface area contributed by atoms with Crippen molar-refractivity contribution < 1.29 is 0 Å². The minimum atomic E-state index is 0.671. The van der Waals surface area contributed by atoms with E-state index in [-0.39, 0.29) is 0 Å². The summed E-state index contributed by atoms with van der Waals surface area (Å²) in [7, 11) is 0. The molecule has 5 atom stereocenters. The molecule has 0 aromatic carbocycles. The summed E-state index contributed by atoms with van der Waals surface area (Å²) in [6.45, 7) is 18.4. The van der Waals surface area contributed by atoms with Gasteiger partial charge in [0.15, 0.2) is 0 Å². The van der Waals surface area contributed by atoms with Gasteiger partial charge in [-0.05, 0) is 124 Å². The lowest BCUT2D eigenvalue weighted by Gasteiger charge is -2.36. The van der Waals surface area contributed by atoms with Gasteiger partial charge < -0.3 is 0 Å². The molecule has 0 saturated heterocycles. The van der Waals surface area contributed by atoms with Crippen molar-refractivity contribution in [1.29, 1.82) is 0 Å². The molecular formula is C37H66. The van der Waals surface area contributed by atoms with Gasteiger partial charge in [0.05, 0.1) is 0 Å². The lowest BCUT2D eigenvalue weighted by atomic mass is 9.70. The number of allylic oxidation sites excluding steroid dienone is 5. The molecule has 3 aliphatic carbocycles. The first-order chi connectivity index (χ1) is 17.9. The highest BCUT2D eigenvalue weighted by Crippen LogP contribution is 2.41. The van der Waals surface area contributed by atoms with Gasteiger partial charge in [0.2, 0.25) is 0 Å². The fourth-order valence-electron chi connectivity index (χ4n) is 7.40. The number of hydrogen-bond acceptors (Lipinski definition) is 0. The molecule has 0 aliphatic heterocycles. The largest absolute Gasteiger partial charge is 0.0996 e. The molecule has 214 valence electrons. The predicted molar refractivity (Wildman–Crippen MR) is 168 cm³/mol. The van der Waals surface area contributed by atoms with Crippen molar-refractivity contribution in [3.05, 3.63) is 36.5 Å². The Morgan fingerprint density at radius 3 is 1.97 bits per heavy atom. The number of hydrogen-bond donors (Lipinski definition) is 0. The molecule has 1 fully saturated rings. The van der Waals surface area contributed by atoms with Crippen LogP contribution in [0.1, 0.15) is 151 Å². The summed E-state index contributed by atoms with van der Waals surface area (Å²) in [6.07, 6.45) is 33.9. The van der Waals surface area contributed by atoms with Gasteiger partial charge in [-0.1, -0.05) is 110 Å². The fourth-order valence-corrected chi connectivity index (χ4v) is 7.40. The van der Waals surface area contributed by atoms with Crippen LogP contribution >= 0.6 is 0 Å². The van der Waals surface area contributed by atoms with E-state index in [9.17, 15) is 0 Å². The number of rotatable bonds is 16. The van der Waals surface area contributed by atoms with Crippen molar-refractivity contribution in [2.24, 2.45) is 47.3 Å². The van der Waals surface area contributed by atoms with Crippen molar-refractivity contribution >= 4 is 0 Å². The molecule has 3 aliphatic rings. The lowest BCUT2D eigenvalue weighted by molar-refractivity contribution is 0.157. The second-order valence-electron chi connectivity index (χ2n) is 13.8. The van der Waals surface area contributed by atoms with E-state index in [1.165, 1.54) is 109 Å². The van der Waals surface area contributed by atoms with Gasteiger partial charge in [0.1, 0.15) is 0 Å². The van der Waals surface area contributed by atoms with E-state index >= 15 is 0 Å². The lowest BCUT2D eigenvalue weighted by Crippen LogP contribution is -2.24. The minimum Gasteiger partial charge on any atom is -0.0996 e. The van der Waals surface area contributed by atoms with E-state index in [1.54, 1.807) is 5.57 Å². The van der Waals surface area contributed by atoms with Crippen molar-refractivity contribution in [3.63, 3.8) is 0 Å². The molecule has 0 N–H and O–H groups in total. The van der Waals surface area contributed by atoms with Crippen LogP contribution < -0.4 is 0 Å². The van der Waals surface area contributed by atoms with Crippen molar-refractivity contribution in [3.8, 4) is 0 Å². The van der Waals surface area contributed by atoms with Crippen LogP contribution in [0.5, 0.6) is 0 Å². The third-order valence-electron chi connectivity index (χ3n) is 9.78. The zero-order valence-electron chi connectivity index (χ0n) is 26.2. The van der Waals surface area contributed by atoms with Crippen LogP contribution in [0, 0.1) is 47.3 Å². The molecule has 0 spiro atoms. The molecule has 0 nitrogen and oxygen atoms in total. The molecule has 0 heteroatoms. The van der Waals surface area contributed by atoms with E-state index in [0.29, 0.717) is 5.92 Å². The van der Waals surface area contributed by atoms with Gasteiger partial charge in [-0.2, -0.15) is 0 Å². The van der Waals surface area contributed by atoms with Crippen LogP contribution in [0.25, 0.3) is 0 Å². The molecule has 3 unspecified atom stereocenters. The van der Waals surface area contributed by atoms with Gasteiger partial charge in [-0.15, -0.1) is 0 Å². The van der Waals surface area contributed by atoms with Gasteiger partial charge in [0.25, 0.3) is 0 Å². The molecule has 0 radical (unpaired) electrons. The molecule has 1 saturated carbocycles. The first kappa shape index (κ1) is 32.4. The van der Waals surface area contributed by atoms with E-state index in [4.69, 9.17) is 0 Å². The van der Waals surface area contributed by atoms with Gasteiger partial charge in [-0.3, -0.25) is 0 Å². The van der Waals surface area contributed by atoms with Crippen LogP contribution in [0.3, 0.4) is 0 Å². The zero-order chi connectivity index (χ0) is 27.0. The Morgan fingerprint density at radius 1 is 0.811 bits per heavy atom.